The summed E-state index contributed by atoms with van der Waals surface area (Å²) in [6.07, 6.45) is 6.87. The Morgan fingerprint density at radius 3 is 2.74 bits per heavy atom. The van der Waals surface area contributed by atoms with Crippen molar-refractivity contribution in [2.75, 3.05) is 6.26 Å². The first-order valence-electron chi connectivity index (χ1n) is 6.79. The summed E-state index contributed by atoms with van der Waals surface area (Å²) in [4.78, 5) is 24.2. The molecule has 0 bridgehead atoms. The maximum absolute atomic E-state index is 12.0. The molecule has 0 atom stereocenters. The van der Waals surface area contributed by atoms with Gasteiger partial charge in [0.1, 0.15) is 16.4 Å². The van der Waals surface area contributed by atoms with Gasteiger partial charge in [0.05, 0.1) is 0 Å². The van der Waals surface area contributed by atoms with Gasteiger partial charge in [0.15, 0.2) is 5.65 Å². The van der Waals surface area contributed by atoms with Gasteiger partial charge in [-0.1, -0.05) is 12.8 Å². The van der Waals surface area contributed by atoms with E-state index in [-0.39, 0.29) is 5.69 Å². The molecule has 6 heteroatoms. The number of aromatic nitrogens is 4. The Hall–Kier alpha value is -1.30. The highest BCUT2D eigenvalue weighted by atomic mass is 32.2. The number of nitrogens with one attached hydrogen (secondary N) is 1. The van der Waals surface area contributed by atoms with Gasteiger partial charge in [-0.05, 0) is 26.0 Å². The second-order valence-corrected chi connectivity index (χ2v) is 5.74. The maximum atomic E-state index is 12.0. The fourth-order valence-corrected chi connectivity index (χ4v) is 3.36. The van der Waals surface area contributed by atoms with Crippen LogP contribution in [0.1, 0.15) is 44.3 Å². The molecule has 0 aliphatic heterocycles. The Balaban J connectivity index is 2.21. The van der Waals surface area contributed by atoms with E-state index in [0.717, 1.165) is 22.0 Å². The zero-order chi connectivity index (χ0) is 13.4. The second-order valence-electron chi connectivity index (χ2n) is 4.95. The van der Waals surface area contributed by atoms with Gasteiger partial charge in [-0.3, -0.25) is 4.57 Å². The Labute approximate surface area is 115 Å². The van der Waals surface area contributed by atoms with E-state index in [0.29, 0.717) is 12.5 Å². The summed E-state index contributed by atoms with van der Waals surface area (Å²) in [5.41, 5.74) is 1.47. The molecule has 1 aliphatic rings. The number of nitrogens with zero attached hydrogens (tertiary/aromatic N) is 3. The molecule has 0 amide bonds. The van der Waals surface area contributed by atoms with Crippen LogP contribution in [-0.2, 0) is 6.54 Å². The van der Waals surface area contributed by atoms with Crippen molar-refractivity contribution < 1.29 is 0 Å². The fourth-order valence-electron chi connectivity index (χ4n) is 2.85. The number of H-pyrrole nitrogens is 1. The molecule has 0 spiro atoms. The topological polar surface area (TPSA) is 63.6 Å². The molecule has 0 saturated heterocycles. The molecule has 2 aromatic heterocycles. The van der Waals surface area contributed by atoms with Gasteiger partial charge in [0, 0.05) is 12.5 Å². The smallest absolute Gasteiger partial charge is 0.338 e. The second kappa shape index (κ2) is 5.00. The van der Waals surface area contributed by atoms with Crippen LogP contribution < -0.4 is 5.69 Å². The van der Waals surface area contributed by atoms with Gasteiger partial charge in [0.25, 0.3) is 0 Å². The summed E-state index contributed by atoms with van der Waals surface area (Å²) in [5, 5.41) is 0.751. The van der Waals surface area contributed by atoms with Gasteiger partial charge in [-0.25, -0.2) is 9.78 Å². The minimum Gasteiger partial charge on any atom is -0.338 e. The van der Waals surface area contributed by atoms with E-state index in [4.69, 9.17) is 0 Å². The monoisotopic (exact) mass is 278 g/mol. The molecule has 1 fully saturated rings. The summed E-state index contributed by atoms with van der Waals surface area (Å²) in [6, 6.07) is 0. The van der Waals surface area contributed by atoms with Crippen LogP contribution in [0.5, 0.6) is 0 Å². The first-order chi connectivity index (χ1) is 9.24. The number of hydrogen-bond donors (Lipinski definition) is 1. The van der Waals surface area contributed by atoms with Crippen molar-refractivity contribution in [3.8, 4) is 0 Å². The lowest BCUT2D eigenvalue weighted by molar-refractivity contribution is 0.675. The van der Waals surface area contributed by atoms with Crippen molar-refractivity contribution in [2.45, 2.75) is 50.1 Å². The Morgan fingerprint density at radius 2 is 2.11 bits per heavy atom. The van der Waals surface area contributed by atoms with Crippen LogP contribution in [-0.4, -0.2) is 25.8 Å². The maximum Gasteiger partial charge on any atom is 0.350 e. The summed E-state index contributed by atoms with van der Waals surface area (Å²) >= 11 is 1.49. The van der Waals surface area contributed by atoms with Crippen LogP contribution in [0.15, 0.2) is 9.82 Å². The number of imidazole rings is 1. The van der Waals surface area contributed by atoms with Crippen molar-refractivity contribution in [2.24, 2.45) is 0 Å². The molecule has 0 radical (unpaired) electrons. The highest BCUT2D eigenvalue weighted by molar-refractivity contribution is 7.98. The van der Waals surface area contributed by atoms with Crippen molar-refractivity contribution in [3.63, 3.8) is 0 Å². The fraction of sp³-hybridized carbons (Fsp3) is 0.615. The minimum atomic E-state index is -0.205. The van der Waals surface area contributed by atoms with Crippen molar-refractivity contribution >= 4 is 22.9 Å². The minimum absolute atomic E-state index is 0.205. The molecule has 2 heterocycles. The Kier molecular flexibility index (Phi) is 3.35. The average Bonchev–Trinajstić information content (AvgIpc) is 3.06. The van der Waals surface area contributed by atoms with Crippen LogP contribution in [0.3, 0.4) is 0 Å². The Morgan fingerprint density at radius 1 is 1.37 bits per heavy atom. The van der Waals surface area contributed by atoms with Gasteiger partial charge in [-0.2, -0.15) is 4.98 Å². The molecule has 0 aromatic carbocycles. The van der Waals surface area contributed by atoms with Crippen LogP contribution in [0.4, 0.5) is 0 Å². The first kappa shape index (κ1) is 12.7. The van der Waals surface area contributed by atoms with Crippen LogP contribution >= 0.6 is 11.8 Å². The lowest BCUT2D eigenvalue weighted by Gasteiger charge is -2.03. The van der Waals surface area contributed by atoms with E-state index >= 15 is 0 Å². The predicted molar refractivity (Wildman–Crippen MR) is 76.8 cm³/mol. The van der Waals surface area contributed by atoms with E-state index in [1.54, 1.807) is 4.57 Å². The standard InChI is InChI=1S/C13H18N4OS/c1-3-17-11-9(12(19-2)16-13(17)18)14-10(15-11)8-6-4-5-7-8/h8H,3-7H2,1-2H3,(H,14,15). The lowest BCUT2D eigenvalue weighted by Crippen LogP contribution is -2.23. The van der Waals surface area contributed by atoms with E-state index in [1.807, 2.05) is 13.2 Å². The molecule has 1 N–H and O–H groups in total. The number of hydrogen-bond acceptors (Lipinski definition) is 4. The highest BCUT2D eigenvalue weighted by Gasteiger charge is 2.22. The van der Waals surface area contributed by atoms with E-state index < -0.39 is 0 Å². The molecule has 5 nitrogen and oxygen atoms in total. The van der Waals surface area contributed by atoms with Crippen LogP contribution in [0.25, 0.3) is 11.2 Å². The predicted octanol–water partition coefficient (Wildman–Crippen LogP) is 2.52. The normalized spacial score (nSPS) is 16.5. The molecule has 0 unspecified atom stereocenters. The number of aryl methyl sites for hydroxylation is 1. The third-order valence-electron chi connectivity index (χ3n) is 3.85. The van der Waals surface area contributed by atoms with Gasteiger partial charge in [0.2, 0.25) is 0 Å². The molecular formula is C13H18N4OS. The number of rotatable bonds is 3. The number of thioether (sulfide) groups is 1. The molecule has 1 saturated carbocycles. The summed E-state index contributed by atoms with van der Waals surface area (Å²) in [6.45, 7) is 2.55. The highest BCUT2D eigenvalue weighted by Crippen LogP contribution is 2.34. The SMILES string of the molecule is CCn1c(=O)nc(SC)c2[nH]c(C3CCCC3)nc21. The molecule has 3 rings (SSSR count). The van der Waals surface area contributed by atoms with Crippen molar-refractivity contribution in [1.82, 2.24) is 19.5 Å². The summed E-state index contributed by atoms with van der Waals surface area (Å²) in [5.74, 6) is 1.54. The van der Waals surface area contributed by atoms with E-state index in [9.17, 15) is 4.79 Å². The van der Waals surface area contributed by atoms with Crippen molar-refractivity contribution in [1.29, 1.82) is 0 Å². The molecular weight excluding hydrogens is 260 g/mol. The van der Waals surface area contributed by atoms with E-state index in [2.05, 4.69) is 15.0 Å². The summed E-state index contributed by atoms with van der Waals surface area (Å²) < 4.78 is 1.64. The average molecular weight is 278 g/mol. The lowest BCUT2D eigenvalue weighted by atomic mass is 10.1. The van der Waals surface area contributed by atoms with Crippen molar-refractivity contribution in [3.05, 3.63) is 16.3 Å². The van der Waals surface area contributed by atoms with Gasteiger partial charge >= 0.3 is 5.69 Å². The molecule has 19 heavy (non-hydrogen) atoms. The van der Waals surface area contributed by atoms with E-state index in [1.165, 1.54) is 37.4 Å². The zero-order valence-corrected chi connectivity index (χ0v) is 12.1. The number of fused-ring (bicyclic) bond motifs is 1. The zero-order valence-electron chi connectivity index (χ0n) is 11.3. The molecule has 2 aromatic rings. The van der Waals surface area contributed by atoms with Gasteiger partial charge < -0.3 is 4.98 Å². The third kappa shape index (κ3) is 2.08. The van der Waals surface area contributed by atoms with Crippen LogP contribution in [0, 0.1) is 0 Å². The molecule has 1 aliphatic carbocycles. The summed E-state index contributed by atoms with van der Waals surface area (Å²) in [7, 11) is 0. The first-order valence-corrected chi connectivity index (χ1v) is 8.01. The van der Waals surface area contributed by atoms with Crippen LogP contribution in [0.2, 0.25) is 0 Å². The quantitative estimate of drug-likeness (QED) is 0.692. The largest absolute Gasteiger partial charge is 0.350 e. The number of aromatic amines is 1. The Bertz CT molecular complexity index is 654. The third-order valence-corrected chi connectivity index (χ3v) is 4.53. The van der Waals surface area contributed by atoms with Gasteiger partial charge in [-0.15, -0.1) is 11.8 Å². The molecule has 102 valence electrons.